The Bertz CT molecular complexity index is 211. The van der Waals surface area contributed by atoms with Crippen molar-refractivity contribution in [2.24, 2.45) is 0 Å². The molecule has 1 N–H and O–H groups in total. The molecule has 14 heavy (non-hydrogen) atoms. The molecule has 0 aromatic carbocycles. The Morgan fingerprint density at radius 3 is 2.71 bits per heavy atom. The highest BCUT2D eigenvalue weighted by molar-refractivity contribution is 5.11. The first kappa shape index (κ1) is 11.5. The number of rotatable bonds is 4. The van der Waals surface area contributed by atoms with Gasteiger partial charge in [0.1, 0.15) is 5.76 Å². The SMILES string of the molecule is CNC(C1=CCCCO1)C(C)(C)OC. The van der Waals surface area contributed by atoms with Crippen LogP contribution < -0.4 is 5.32 Å². The average molecular weight is 199 g/mol. The number of methoxy groups -OCH3 is 1. The van der Waals surface area contributed by atoms with E-state index in [-0.39, 0.29) is 11.6 Å². The van der Waals surface area contributed by atoms with E-state index in [1.54, 1.807) is 7.11 Å². The molecule has 1 aliphatic rings. The quantitative estimate of drug-likeness (QED) is 0.747. The summed E-state index contributed by atoms with van der Waals surface area (Å²) in [5.41, 5.74) is -0.238. The number of allylic oxidation sites excluding steroid dienone is 1. The molecule has 0 spiro atoms. The van der Waals surface area contributed by atoms with Gasteiger partial charge in [-0.05, 0) is 39.8 Å². The summed E-state index contributed by atoms with van der Waals surface area (Å²) in [5.74, 6) is 1.02. The summed E-state index contributed by atoms with van der Waals surface area (Å²) in [6.45, 7) is 4.95. The van der Waals surface area contributed by atoms with Gasteiger partial charge in [-0.1, -0.05) is 0 Å². The largest absolute Gasteiger partial charge is 0.496 e. The molecular formula is C11H21NO2. The summed E-state index contributed by atoms with van der Waals surface area (Å²) < 4.78 is 11.1. The van der Waals surface area contributed by atoms with Crippen LogP contribution in [-0.2, 0) is 9.47 Å². The third-order valence-electron chi connectivity index (χ3n) is 2.76. The lowest BCUT2D eigenvalue weighted by Crippen LogP contribution is -2.48. The van der Waals surface area contributed by atoms with Gasteiger partial charge in [-0.2, -0.15) is 0 Å². The first-order valence-corrected chi connectivity index (χ1v) is 5.17. The normalized spacial score (nSPS) is 19.9. The van der Waals surface area contributed by atoms with Crippen LogP contribution in [0.1, 0.15) is 26.7 Å². The molecule has 0 aromatic rings. The molecule has 1 rings (SSSR count). The molecule has 0 fully saturated rings. The predicted octanol–water partition coefficient (Wildman–Crippen LogP) is 1.69. The standard InChI is InChI=1S/C11H21NO2/c1-11(2,13-4)10(12-3)9-7-5-6-8-14-9/h7,10,12H,5-6,8H2,1-4H3. The van der Waals surface area contributed by atoms with E-state index in [2.05, 4.69) is 25.2 Å². The maximum Gasteiger partial charge on any atom is 0.112 e. The molecule has 0 aliphatic carbocycles. The van der Waals surface area contributed by atoms with Crippen molar-refractivity contribution in [3.8, 4) is 0 Å². The van der Waals surface area contributed by atoms with Gasteiger partial charge < -0.3 is 14.8 Å². The second-order valence-electron chi connectivity index (χ2n) is 4.13. The van der Waals surface area contributed by atoms with E-state index < -0.39 is 0 Å². The lowest BCUT2D eigenvalue weighted by Gasteiger charge is -2.35. The lowest BCUT2D eigenvalue weighted by atomic mass is 9.95. The molecular weight excluding hydrogens is 178 g/mol. The van der Waals surface area contributed by atoms with E-state index in [0.29, 0.717) is 0 Å². The van der Waals surface area contributed by atoms with E-state index in [1.807, 2.05) is 7.05 Å². The zero-order valence-corrected chi connectivity index (χ0v) is 9.59. The number of likely N-dealkylation sites (N-methyl/N-ethyl adjacent to an activating group) is 1. The molecule has 1 heterocycles. The molecule has 3 heteroatoms. The second kappa shape index (κ2) is 4.80. The van der Waals surface area contributed by atoms with Crippen LogP contribution in [0.15, 0.2) is 11.8 Å². The van der Waals surface area contributed by atoms with Crippen molar-refractivity contribution in [2.45, 2.75) is 38.3 Å². The summed E-state index contributed by atoms with van der Waals surface area (Å²) >= 11 is 0. The fraction of sp³-hybridized carbons (Fsp3) is 0.818. The number of nitrogens with one attached hydrogen (secondary N) is 1. The molecule has 0 aromatic heterocycles. The number of ether oxygens (including phenoxy) is 2. The van der Waals surface area contributed by atoms with Gasteiger partial charge in [0, 0.05) is 7.11 Å². The van der Waals surface area contributed by atoms with Crippen LogP contribution >= 0.6 is 0 Å². The molecule has 0 amide bonds. The Morgan fingerprint density at radius 1 is 1.57 bits per heavy atom. The molecule has 1 aliphatic heterocycles. The highest BCUT2D eigenvalue weighted by Gasteiger charge is 2.32. The Kier molecular flexibility index (Phi) is 3.96. The number of hydrogen-bond donors (Lipinski definition) is 1. The third-order valence-corrected chi connectivity index (χ3v) is 2.76. The summed E-state index contributed by atoms with van der Waals surface area (Å²) in [7, 11) is 3.66. The van der Waals surface area contributed by atoms with Crippen molar-refractivity contribution in [3.63, 3.8) is 0 Å². The van der Waals surface area contributed by atoms with E-state index >= 15 is 0 Å². The van der Waals surface area contributed by atoms with Gasteiger partial charge in [0.05, 0.1) is 18.2 Å². The molecule has 0 saturated carbocycles. The van der Waals surface area contributed by atoms with Gasteiger partial charge in [0.25, 0.3) is 0 Å². The molecule has 3 nitrogen and oxygen atoms in total. The van der Waals surface area contributed by atoms with Gasteiger partial charge in [-0.25, -0.2) is 0 Å². The van der Waals surface area contributed by atoms with E-state index in [9.17, 15) is 0 Å². The van der Waals surface area contributed by atoms with Crippen molar-refractivity contribution in [1.82, 2.24) is 5.32 Å². The molecule has 1 atom stereocenters. The monoisotopic (exact) mass is 199 g/mol. The maximum absolute atomic E-state index is 5.64. The van der Waals surface area contributed by atoms with Crippen LogP contribution in [0.4, 0.5) is 0 Å². The van der Waals surface area contributed by atoms with Gasteiger partial charge in [0.2, 0.25) is 0 Å². The summed E-state index contributed by atoms with van der Waals surface area (Å²) in [6.07, 6.45) is 4.38. The summed E-state index contributed by atoms with van der Waals surface area (Å²) in [6, 6.07) is 0.132. The van der Waals surface area contributed by atoms with Crippen LogP contribution in [0.3, 0.4) is 0 Å². The molecule has 0 radical (unpaired) electrons. The smallest absolute Gasteiger partial charge is 0.112 e. The van der Waals surface area contributed by atoms with Crippen molar-refractivity contribution in [2.75, 3.05) is 20.8 Å². The third kappa shape index (κ3) is 2.49. The Hall–Kier alpha value is -0.540. The van der Waals surface area contributed by atoms with Gasteiger partial charge >= 0.3 is 0 Å². The molecule has 1 unspecified atom stereocenters. The highest BCUT2D eigenvalue weighted by atomic mass is 16.5. The summed E-state index contributed by atoms with van der Waals surface area (Å²) in [5, 5.41) is 3.24. The van der Waals surface area contributed by atoms with Crippen LogP contribution in [0.2, 0.25) is 0 Å². The van der Waals surface area contributed by atoms with E-state index in [1.165, 1.54) is 0 Å². The maximum atomic E-state index is 5.64. The molecule has 82 valence electrons. The fourth-order valence-electron chi connectivity index (χ4n) is 1.73. The van der Waals surface area contributed by atoms with Crippen molar-refractivity contribution >= 4 is 0 Å². The Labute approximate surface area is 86.5 Å². The minimum absolute atomic E-state index is 0.132. The molecule has 0 saturated heterocycles. The van der Waals surface area contributed by atoms with Gasteiger partial charge in [-0.3, -0.25) is 0 Å². The van der Waals surface area contributed by atoms with Crippen LogP contribution in [0.25, 0.3) is 0 Å². The molecule has 0 bridgehead atoms. The first-order valence-electron chi connectivity index (χ1n) is 5.17. The zero-order chi connectivity index (χ0) is 10.6. The Balaban J connectivity index is 2.74. The lowest BCUT2D eigenvalue weighted by molar-refractivity contribution is -0.0163. The topological polar surface area (TPSA) is 30.5 Å². The number of hydrogen-bond acceptors (Lipinski definition) is 3. The van der Waals surface area contributed by atoms with Crippen molar-refractivity contribution < 1.29 is 9.47 Å². The van der Waals surface area contributed by atoms with E-state index in [4.69, 9.17) is 9.47 Å². The average Bonchev–Trinajstić information content (AvgIpc) is 2.20. The minimum atomic E-state index is -0.238. The van der Waals surface area contributed by atoms with Crippen LogP contribution in [0.5, 0.6) is 0 Å². The van der Waals surface area contributed by atoms with Crippen LogP contribution in [0, 0.1) is 0 Å². The van der Waals surface area contributed by atoms with Crippen LogP contribution in [-0.4, -0.2) is 32.4 Å². The van der Waals surface area contributed by atoms with Gasteiger partial charge in [0.15, 0.2) is 0 Å². The minimum Gasteiger partial charge on any atom is -0.496 e. The zero-order valence-electron chi connectivity index (χ0n) is 9.59. The van der Waals surface area contributed by atoms with E-state index in [0.717, 1.165) is 25.2 Å². The second-order valence-corrected chi connectivity index (χ2v) is 4.13. The first-order chi connectivity index (χ1) is 6.61. The fourth-order valence-corrected chi connectivity index (χ4v) is 1.73. The van der Waals surface area contributed by atoms with Crippen molar-refractivity contribution in [3.05, 3.63) is 11.8 Å². The predicted molar refractivity (Wildman–Crippen MR) is 57.2 cm³/mol. The Morgan fingerprint density at radius 2 is 2.29 bits per heavy atom. The van der Waals surface area contributed by atoms with Crippen molar-refractivity contribution in [1.29, 1.82) is 0 Å². The highest BCUT2D eigenvalue weighted by Crippen LogP contribution is 2.23. The van der Waals surface area contributed by atoms with Gasteiger partial charge in [-0.15, -0.1) is 0 Å². The summed E-state index contributed by atoms with van der Waals surface area (Å²) in [4.78, 5) is 0.